The molecule has 5 rings (SSSR count). The van der Waals surface area contributed by atoms with E-state index in [0.29, 0.717) is 12.8 Å². The summed E-state index contributed by atoms with van der Waals surface area (Å²) >= 11 is 0. The third kappa shape index (κ3) is 4.37. The number of carbonyl (C=O) groups excluding carboxylic acids is 2. The van der Waals surface area contributed by atoms with Crippen molar-refractivity contribution in [2.75, 3.05) is 18.5 Å². The van der Waals surface area contributed by atoms with Crippen LogP contribution in [0.5, 0.6) is 0 Å². The van der Waals surface area contributed by atoms with Crippen LogP contribution in [0, 0.1) is 5.41 Å². The Hall–Kier alpha value is -4.14. The van der Waals surface area contributed by atoms with E-state index in [9.17, 15) is 19.5 Å². The van der Waals surface area contributed by atoms with Gasteiger partial charge in [-0.05, 0) is 35.1 Å². The number of ether oxygens (including phenoxy) is 1. The fourth-order valence-electron chi connectivity index (χ4n) is 5.03. The molecule has 0 spiro atoms. The second-order valence-corrected chi connectivity index (χ2v) is 9.00. The van der Waals surface area contributed by atoms with E-state index >= 15 is 0 Å². The highest BCUT2D eigenvalue weighted by molar-refractivity contribution is 5.94. The zero-order chi connectivity index (χ0) is 24.4. The summed E-state index contributed by atoms with van der Waals surface area (Å²) in [6, 6.07) is 17.3. The van der Waals surface area contributed by atoms with Gasteiger partial charge < -0.3 is 19.7 Å². The molecule has 3 N–H and O–H groups in total. The first kappa shape index (κ1) is 22.6. The van der Waals surface area contributed by atoms with Gasteiger partial charge in [0.25, 0.3) is 5.91 Å². The van der Waals surface area contributed by atoms with Crippen molar-refractivity contribution >= 4 is 23.9 Å². The van der Waals surface area contributed by atoms with Crippen molar-refractivity contribution in [2.24, 2.45) is 5.41 Å². The SMILES string of the molecule is O=C(Nc1cc(C(=O)NCC2(C(=O)O)CCCC2)no1)OCC1c2ccccc2-c2ccccc21. The molecule has 0 radical (unpaired) electrons. The third-order valence-electron chi connectivity index (χ3n) is 6.91. The van der Waals surface area contributed by atoms with E-state index in [-0.39, 0.29) is 30.6 Å². The molecule has 2 aliphatic rings. The van der Waals surface area contributed by atoms with Crippen molar-refractivity contribution in [3.63, 3.8) is 0 Å². The predicted molar refractivity (Wildman–Crippen MR) is 126 cm³/mol. The van der Waals surface area contributed by atoms with Crippen LogP contribution in [0.4, 0.5) is 10.7 Å². The quantitative estimate of drug-likeness (QED) is 0.461. The molecule has 1 aromatic heterocycles. The molecule has 180 valence electrons. The number of aromatic nitrogens is 1. The third-order valence-corrected chi connectivity index (χ3v) is 6.91. The van der Waals surface area contributed by atoms with Gasteiger partial charge in [0.2, 0.25) is 5.88 Å². The van der Waals surface area contributed by atoms with Gasteiger partial charge in [-0.3, -0.25) is 14.9 Å². The molecule has 1 saturated carbocycles. The van der Waals surface area contributed by atoms with Gasteiger partial charge in [-0.1, -0.05) is 66.5 Å². The topological polar surface area (TPSA) is 131 Å². The molecule has 0 bridgehead atoms. The highest BCUT2D eigenvalue weighted by Crippen LogP contribution is 2.44. The van der Waals surface area contributed by atoms with Gasteiger partial charge in [0.05, 0.1) is 5.41 Å². The van der Waals surface area contributed by atoms with E-state index in [1.54, 1.807) is 0 Å². The Bertz CT molecular complexity index is 1230. The van der Waals surface area contributed by atoms with E-state index in [4.69, 9.17) is 9.26 Å². The zero-order valence-corrected chi connectivity index (χ0v) is 19.0. The number of carboxylic acid groups (broad SMARTS) is 1. The number of aliphatic carboxylic acids is 1. The Labute approximate surface area is 201 Å². The molecule has 2 aromatic carbocycles. The second-order valence-electron chi connectivity index (χ2n) is 9.00. The number of rotatable bonds is 7. The maximum Gasteiger partial charge on any atom is 0.414 e. The molecule has 3 aromatic rings. The summed E-state index contributed by atoms with van der Waals surface area (Å²) in [5.41, 5.74) is 3.46. The minimum atomic E-state index is -0.943. The number of carboxylic acids is 1. The molecule has 0 unspecified atom stereocenters. The van der Waals surface area contributed by atoms with Crippen LogP contribution in [0.3, 0.4) is 0 Å². The lowest BCUT2D eigenvalue weighted by Gasteiger charge is -2.23. The molecular formula is C26H25N3O6. The lowest BCUT2D eigenvalue weighted by Crippen LogP contribution is -2.41. The van der Waals surface area contributed by atoms with E-state index in [2.05, 4.69) is 27.9 Å². The first-order valence-electron chi connectivity index (χ1n) is 11.6. The lowest BCUT2D eigenvalue weighted by atomic mass is 9.86. The number of amides is 2. The van der Waals surface area contributed by atoms with Gasteiger partial charge >= 0.3 is 12.1 Å². The number of hydrogen-bond acceptors (Lipinski definition) is 6. The van der Waals surface area contributed by atoms with Crippen LogP contribution in [0.1, 0.15) is 53.2 Å². The smallest absolute Gasteiger partial charge is 0.414 e. The number of benzene rings is 2. The molecule has 2 amide bonds. The molecule has 9 heteroatoms. The lowest BCUT2D eigenvalue weighted by molar-refractivity contribution is -0.148. The molecule has 0 saturated heterocycles. The number of nitrogens with one attached hydrogen (secondary N) is 2. The van der Waals surface area contributed by atoms with Crippen molar-refractivity contribution in [2.45, 2.75) is 31.6 Å². The summed E-state index contributed by atoms with van der Waals surface area (Å²) in [6.45, 7) is 0.155. The fraction of sp³-hybridized carbons (Fsp3) is 0.308. The Morgan fingerprint density at radius 2 is 1.66 bits per heavy atom. The van der Waals surface area contributed by atoms with E-state index < -0.39 is 23.4 Å². The van der Waals surface area contributed by atoms with E-state index in [1.165, 1.54) is 6.07 Å². The monoisotopic (exact) mass is 475 g/mol. The van der Waals surface area contributed by atoms with Crippen LogP contribution in [0.25, 0.3) is 11.1 Å². The van der Waals surface area contributed by atoms with Crippen LogP contribution in [0.15, 0.2) is 59.1 Å². The number of hydrogen-bond donors (Lipinski definition) is 3. The Balaban J connectivity index is 1.17. The first-order valence-corrected chi connectivity index (χ1v) is 11.6. The predicted octanol–water partition coefficient (Wildman–Crippen LogP) is 4.41. The van der Waals surface area contributed by atoms with E-state index in [0.717, 1.165) is 35.1 Å². The number of carbonyl (C=O) groups is 3. The van der Waals surface area contributed by atoms with Crippen molar-refractivity contribution in [3.8, 4) is 11.1 Å². The molecule has 35 heavy (non-hydrogen) atoms. The number of fused-ring (bicyclic) bond motifs is 3. The summed E-state index contributed by atoms with van der Waals surface area (Å²) in [7, 11) is 0. The molecule has 9 nitrogen and oxygen atoms in total. The highest BCUT2D eigenvalue weighted by atomic mass is 16.6. The second kappa shape index (κ2) is 9.25. The minimum absolute atomic E-state index is 0.0170. The van der Waals surface area contributed by atoms with Gasteiger partial charge in [0.1, 0.15) is 6.61 Å². The Morgan fingerprint density at radius 1 is 1.03 bits per heavy atom. The van der Waals surface area contributed by atoms with Gasteiger partial charge in [-0.2, -0.15) is 0 Å². The van der Waals surface area contributed by atoms with E-state index in [1.807, 2.05) is 36.4 Å². The van der Waals surface area contributed by atoms with Crippen LogP contribution < -0.4 is 10.6 Å². The van der Waals surface area contributed by atoms with Crippen LogP contribution in [-0.4, -0.2) is 41.4 Å². The summed E-state index contributed by atoms with van der Waals surface area (Å²) < 4.78 is 10.5. The number of anilines is 1. The van der Waals surface area contributed by atoms with Crippen LogP contribution in [0.2, 0.25) is 0 Å². The van der Waals surface area contributed by atoms with Crippen molar-refractivity contribution in [3.05, 3.63) is 71.4 Å². The summed E-state index contributed by atoms with van der Waals surface area (Å²) in [4.78, 5) is 36.5. The standard InChI is InChI=1S/C26H25N3O6/c30-23(27-15-26(24(31)32)11-5-6-12-26)21-13-22(35-29-21)28-25(33)34-14-20-18-9-3-1-7-16(18)17-8-2-4-10-19(17)20/h1-4,7-10,13,20H,5-6,11-12,14-15H2,(H,27,30)(H,28,33)(H,31,32). The van der Waals surface area contributed by atoms with Crippen LogP contribution >= 0.6 is 0 Å². The maximum atomic E-state index is 12.4. The summed E-state index contributed by atoms with van der Waals surface area (Å²) in [6.07, 6.45) is 1.96. The van der Waals surface area contributed by atoms with Crippen molar-refractivity contribution in [1.29, 1.82) is 0 Å². The van der Waals surface area contributed by atoms with Gasteiger partial charge in [0, 0.05) is 18.5 Å². The van der Waals surface area contributed by atoms with Gasteiger partial charge in [-0.15, -0.1) is 0 Å². The molecule has 0 aliphatic heterocycles. The zero-order valence-electron chi connectivity index (χ0n) is 19.0. The molecular weight excluding hydrogens is 450 g/mol. The Kier molecular flexibility index (Phi) is 5.98. The average Bonchev–Trinajstić information content (AvgIpc) is 3.60. The van der Waals surface area contributed by atoms with Crippen LogP contribution in [-0.2, 0) is 9.53 Å². The Morgan fingerprint density at radius 3 is 2.29 bits per heavy atom. The highest BCUT2D eigenvalue weighted by Gasteiger charge is 2.41. The first-order chi connectivity index (χ1) is 17.0. The van der Waals surface area contributed by atoms with Crippen molar-refractivity contribution in [1.82, 2.24) is 10.5 Å². The normalized spacial score (nSPS) is 15.8. The summed E-state index contributed by atoms with van der Waals surface area (Å²) in [5.74, 6) is -1.60. The largest absolute Gasteiger partial charge is 0.481 e. The van der Waals surface area contributed by atoms with Crippen molar-refractivity contribution < 1.29 is 28.8 Å². The molecule has 0 atom stereocenters. The molecule has 1 heterocycles. The van der Waals surface area contributed by atoms with Gasteiger partial charge in [0.15, 0.2) is 5.69 Å². The van der Waals surface area contributed by atoms with Gasteiger partial charge in [-0.25, -0.2) is 4.79 Å². The fourth-order valence-corrected chi connectivity index (χ4v) is 5.03. The summed E-state index contributed by atoms with van der Waals surface area (Å²) in [5, 5.41) is 18.3. The minimum Gasteiger partial charge on any atom is -0.481 e. The maximum absolute atomic E-state index is 12.4. The average molecular weight is 476 g/mol. The molecule has 1 fully saturated rings. The molecule has 2 aliphatic carbocycles. The number of nitrogens with zero attached hydrogens (tertiary/aromatic N) is 1.